The number of thioether (sulfide) groups is 1. The van der Waals surface area contributed by atoms with Crippen molar-refractivity contribution in [1.29, 1.82) is 0 Å². The zero-order chi connectivity index (χ0) is 17.9. The molecule has 1 aromatic carbocycles. The number of hydrogen-bond donors (Lipinski definition) is 0. The summed E-state index contributed by atoms with van der Waals surface area (Å²) in [6.45, 7) is 2.00. The van der Waals surface area contributed by atoms with Gasteiger partial charge < -0.3 is 9.15 Å². The Bertz CT molecular complexity index is 996. The van der Waals surface area contributed by atoms with Crippen LogP contribution in [0.3, 0.4) is 0 Å². The van der Waals surface area contributed by atoms with Crippen molar-refractivity contribution in [1.82, 2.24) is 25.0 Å². The van der Waals surface area contributed by atoms with Gasteiger partial charge >= 0.3 is 0 Å². The highest BCUT2D eigenvalue weighted by Gasteiger charge is 2.20. The van der Waals surface area contributed by atoms with Gasteiger partial charge in [0.05, 0.1) is 22.9 Å². The first-order valence-corrected chi connectivity index (χ1v) is 9.59. The van der Waals surface area contributed by atoms with Crippen molar-refractivity contribution in [2.24, 2.45) is 0 Å². The molecule has 26 heavy (non-hydrogen) atoms. The van der Waals surface area contributed by atoms with E-state index in [0.29, 0.717) is 11.8 Å². The molecule has 0 radical (unpaired) electrons. The Labute approximate surface area is 158 Å². The summed E-state index contributed by atoms with van der Waals surface area (Å²) >= 11 is 3.07. The highest BCUT2D eigenvalue weighted by atomic mass is 32.2. The van der Waals surface area contributed by atoms with Crippen LogP contribution in [0, 0.1) is 0 Å². The van der Waals surface area contributed by atoms with Gasteiger partial charge in [-0.3, -0.25) is 4.57 Å². The van der Waals surface area contributed by atoms with Gasteiger partial charge in [0, 0.05) is 6.07 Å². The molecule has 0 N–H and O–H groups in total. The van der Waals surface area contributed by atoms with Gasteiger partial charge in [0.15, 0.2) is 5.16 Å². The molecule has 1 atom stereocenters. The van der Waals surface area contributed by atoms with Crippen LogP contribution in [0.4, 0.5) is 0 Å². The molecule has 9 heteroatoms. The highest BCUT2D eigenvalue weighted by molar-refractivity contribution is 7.99. The third kappa shape index (κ3) is 3.35. The van der Waals surface area contributed by atoms with E-state index >= 15 is 0 Å². The Hall–Kier alpha value is -2.65. The van der Waals surface area contributed by atoms with Gasteiger partial charge in [-0.15, -0.1) is 31.7 Å². The van der Waals surface area contributed by atoms with Crippen LogP contribution >= 0.6 is 23.1 Å². The van der Waals surface area contributed by atoms with Crippen molar-refractivity contribution < 1.29 is 9.15 Å². The summed E-state index contributed by atoms with van der Waals surface area (Å²) in [5, 5.41) is 19.2. The fourth-order valence-corrected chi connectivity index (χ4v) is 3.87. The zero-order valence-corrected chi connectivity index (χ0v) is 15.7. The average Bonchev–Trinajstić information content (AvgIpc) is 3.41. The Kier molecular flexibility index (Phi) is 4.72. The van der Waals surface area contributed by atoms with Crippen LogP contribution in [0.15, 0.2) is 57.7 Å². The van der Waals surface area contributed by atoms with E-state index in [0.717, 1.165) is 21.5 Å². The van der Waals surface area contributed by atoms with E-state index in [1.807, 2.05) is 53.3 Å². The van der Waals surface area contributed by atoms with Crippen LogP contribution in [-0.4, -0.2) is 32.1 Å². The first-order chi connectivity index (χ1) is 12.7. The van der Waals surface area contributed by atoms with Gasteiger partial charge in [-0.25, -0.2) is 0 Å². The van der Waals surface area contributed by atoms with Crippen LogP contribution in [0.2, 0.25) is 0 Å². The van der Waals surface area contributed by atoms with Crippen LogP contribution in [0.1, 0.15) is 18.1 Å². The maximum absolute atomic E-state index is 5.81. The summed E-state index contributed by atoms with van der Waals surface area (Å²) in [7, 11) is 1.64. The fourth-order valence-electron chi connectivity index (χ4n) is 2.35. The van der Waals surface area contributed by atoms with E-state index in [-0.39, 0.29) is 5.25 Å². The molecular weight excluding hydrogens is 370 g/mol. The van der Waals surface area contributed by atoms with E-state index < -0.39 is 0 Å². The molecule has 4 rings (SSSR count). The van der Waals surface area contributed by atoms with Crippen molar-refractivity contribution >= 4 is 23.1 Å². The SMILES string of the molecule is COc1cccc(-n2cnnc2SC(C)c2nnc(-c3cccs3)o2)c1. The Morgan fingerprint density at radius 1 is 1.19 bits per heavy atom. The number of ether oxygens (including phenoxy) is 1. The van der Waals surface area contributed by atoms with Crippen LogP contribution in [0.5, 0.6) is 5.75 Å². The van der Waals surface area contributed by atoms with Gasteiger partial charge in [-0.1, -0.05) is 23.9 Å². The first kappa shape index (κ1) is 16.8. The molecule has 0 spiro atoms. The number of nitrogens with zero attached hydrogens (tertiary/aromatic N) is 5. The van der Waals surface area contributed by atoms with Gasteiger partial charge in [-0.2, -0.15) is 0 Å². The van der Waals surface area contributed by atoms with Crippen molar-refractivity contribution in [3.05, 3.63) is 54.0 Å². The minimum absolute atomic E-state index is 0.0650. The van der Waals surface area contributed by atoms with E-state index in [2.05, 4.69) is 20.4 Å². The molecule has 0 amide bonds. The lowest BCUT2D eigenvalue weighted by atomic mass is 10.3. The molecular formula is C17H15N5O2S2. The molecule has 0 aliphatic rings. The van der Waals surface area contributed by atoms with Crippen LogP contribution in [-0.2, 0) is 0 Å². The Morgan fingerprint density at radius 3 is 2.92 bits per heavy atom. The van der Waals surface area contributed by atoms with Gasteiger partial charge in [0.2, 0.25) is 5.89 Å². The van der Waals surface area contributed by atoms with Crippen molar-refractivity contribution in [3.8, 4) is 22.2 Å². The van der Waals surface area contributed by atoms with Crippen LogP contribution < -0.4 is 4.74 Å². The fraction of sp³-hybridized carbons (Fsp3) is 0.176. The standard InChI is InChI=1S/C17H15N5O2S2/c1-11(15-19-20-16(24-15)14-7-4-8-25-14)26-17-21-18-10-22(17)12-5-3-6-13(9-12)23-2/h3-11H,1-2H3. The molecule has 132 valence electrons. The Morgan fingerprint density at radius 2 is 2.12 bits per heavy atom. The van der Waals surface area contributed by atoms with Gasteiger partial charge in [0.1, 0.15) is 12.1 Å². The molecule has 7 nitrogen and oxygen atoms in total. The van der Waals surface area contributed by atoms with Gasteiger partial charge in [0.25, 0.3) is 5.89 Å². The number of hydrogen-bond acceptors (Lipinski definition) is 8. The molecule has 0 bridgehead atoms. The number of methoxy groups -OCH3 is 1. The molecule has 0 saturated heterocycles. The lowest BCUT2D eigenvalue weighted by Crippen LogP contribution is -1.98. The lowest BCUT2D eigenvalue weighted by Gasteiger charge is -2.09. The number of rotatable bonds is 6. The lowest BCUT2D eigenvalue weighted by molar-refractivity contribution is 0.414. The van der Waals surface area contributed by atoms with Gasteiger partial charge in [-0.05, 0) is 30.5 Å². The van der Waals surface area contributed by atoms with E-state index in [9.17, 15) is 0 Å². The summed E-state index contributed by atoms with van der Waals surface area (Å²) in [5.74, 6) is 1.87. The monoisotopic (exact) mass is 385 g/mol. The molecule has 0 aliphatic carbocycles. The van der Waals surface area contributed by atoms with Crippen LogP contribution in [0.25, 0.3) is 16.5 Å². The minimum Gasteiger partial charge on any atom is -0.497 e. The predicted molar refractivity (Wildman–Crippen MR) is 99.8 cm³/mol. The molecule has 0 saturated carbocycles. The van der Waals surface area contributed by atoms with E-state index in [1.54, 1.807) is 24.8 Å². The summed E-state index contributed by atoms with van der Waals surface area (Å²) in [6.07, 6.45) is 1.68. The van der Waals surface area contributed by atoms with E-state index in [1.165, 1.54) is 11.8 Å². The second kappa shape index (κ2) is 7.30. The normalized spacial score (nSPS) is 12.2. The predicted octanol–water partition coefficient (Wildman–Crippen LogP) is 4.24. The highest BCUT2D eigenvalue weighted by Crippen LogP contribution is 2.35. The maximum atomic E-state index is 5.81. The molecule has 4 aromatic rings. The molecule has 1 unspecified atom stereocenters. The molecule has 3 aromatic heterocycles. The maximum Gasteiger partial charge on any atom is 0.257 e. The van der Waals surface area contributed by atoms with E-state index in [4.69, 9.17) is 9.15 Å². The summed E-state index contributed by atoms with van der Waals surface area (Å²) in [4.78, 5) is 0.959. The topological polar surface area (TPSA) is 78.9 Å². The third-order valence-corrected chi connectivity index (χ3v) is 5.55. The minimum atomic E-state index is -0.0650. The second-order valence-corrected chi connectivity index (χ2v) is 7.62. The smallest absolute Gasteiger partial charge is 0.257 e. The summed E-state index contributed by atoms with van der Waals surface area (Å²) in [6, 6.07) is 11.6. The zero-order valence-electron chi connectivity index (χ0n) is 14.1. The largest absolute Gasteiger partial charge is 0.497 e. The first-order valence-electron chi connectivity index (χ1n) is 7.83. The second-order valence-electron chi connectivity index (χ2n) is 5.37. The van der Waals surface area contributed by atoms with Crippen molar-refractivity contribution in [2.75, 3.05) is 7.11 Å². The number of thiophene rings is 1. The average molecular weight is 385 g/mol. The third-order valence-electron chi connectivity index (χ3n) is 3.65. The summed E-state index contributed by atoms with van der Waals surface area (Å²) in [5.41, 5.74) is 0.925. The Balaban J connectivity index is 1.55. The number of aromatic nitrogens is 5. The van der Waals surface area contributed by atoms with Crippen molar-refractivity contribution in [3.63, 3.8) is 0 Å². The molecule has 0 aliphatic heterocycles. The quantitative estimate of drug-likeness (QED) is 0.459. The van der Waals surface area contributed by atoms with Crippen molar-refractivity contribution in [2.45, 2.75) is 17.3 Å². The molecule has 3 heterocycles. The number of benzene rings is 1. The summed E-state index contributed by atoms with van der Waals surface area (Å²) < 4.78 is 13.0. The molecule has 0 fully saturated rings.